The highest BCUT2D eigenvalue weighted by molar-refractivity contribution is 7.33. The van der Waals surface area contributed by atoms with Crippen LogP contribution in [0, 0.1) is 0 Å². The maximum Gasteiger partial charge on any atom is 0.134 e. The van der Waals surface area contributed by atoms with Crippen molar-refractivity contribution in [3.8, 4) is 39.3 Å². The summed E-state index contributed by atoms with van der Waals surface area (Å²) in [6.45, 7) is 0. The molecule has 0 aliphatic rings. The number of aromatic nitrogens is 2. The number of thiophene rings is 6. The van der Waals surface area contributed by atoms with Crippen molar-refractivity contribution in [3.05, 3.63) is 83.6 Å². The van der Waals surface area contributed by atoms with Crippen molar-refractivity contribution in [1.82, 2.24) is 9.97 Å². The average molecular weight is 683 g/mol. The summed E-state index contributed by atoms with van der Waals surface area (Å²) in [7, 11) is 0. The fourth-order valence-electron chi connectivity index (χ4n) is 5.25. The molecule has 0 bridgehead atoms. The average Bonchev–Trinajstić information content (AvgIpc) is 3.82. The lowest BCUT2D eigenvalue weighted by Gasteiger charge is -1.97. The molecular weight excluding hydrogens is 669 g/mol. The predicted molar refractivity (Wildman–Crippen MR) is 194 cm³/mol. The van der Waals surface area contributed by atoms with Crippen molar-refractivity contribution in [3.63, 3.8) is 0 Å². The zero-order valence-corrected chi connectivity index (χ0v) is 27.8. The molecule has 8 aromatic heterocycles. The highest BCUT2D eigenvalue weighted by Crippen LogP contribution is 2.45. The van der Waals surface area contributed by atoms with Crippen LogP contribution in [-0.4, -0.2) is 9.97 Å². The number of hydrogen-bond acceptors (Lipinski definition) is 10. The number of nitrogens with zero attached hydrogens (tertiary/aromatic N) is 2. The topological polar surface area (TPSA) is 25.8 Å². The van der Waals surface area contributed by atoms with Gasteiger partial charge in [0.25, 0.3) is 0 Å². The molecule has 42 heavy (non-hydrogen) atoms. The van der Waals surface area contributed by atoms with Gasteiger partial charge < -0.3 is 0 Å². The van der Waals surface area contributed by atoms with E-state index in [-0.39, 0.29) is 0 Å². The molecule has 8 heterocycles. The summed E-state index contributed by atoms with van der Waals surface area (Å²) in [5.41, 5.74) is 2.13. The van der Waals surface area contributed by atoms with Crippen LogP contribution in [-0.2, 0) is 0 Å². The van der Waals surface area contributed by atoms with Gasteiger partial charge in [-0.3, -0.25) is 0 Å². The smallest absolute Gasteiger partial charge is 0.134 e. The summed E-state index contributed by atoms with van der Waals surface area (Å²) in [5.74, 6) is 0. The molecule has 10 aromatic rings. The fraction of sp³-hybridized carbons (Fsp3) is 0. The lowest BCUT2D eigenvalue weighted by Crippen LogP contribution is -1.76. The standard InChI is InChI=1S/C32H14N2S8/c1-3-23(37-19(1)29-13-27-21(39-29)5-7-35-27)31-33-17-9-15-12-26-18(10-16(15)11-25(17)41-31)34-32(42-26)24-4-2-20(38-24)30-14-28-22(40-30)6-8-36-28/h1-14H. The Kier molecular flexibility index (Phi) is 5.48. The van der Waals surface area contributed by atoms with Crippen LogP contribution in [0.25, 0.3) is 89.3 Å². The molecule has 0 unspecified atom stereocenters. The van der Waals surface area contributed by atoms with Gasteiger partial charge in [0.15, 0.2) is 0 Å². The van der Waals surface area contributed by atoms with E-state index in [9.17, 15) is 0 Å². The lowest BCUT2D eigenvalue weighted by atomic mass is 10.1. The molecule has 0 spiro atoms. The fourth-order valence-corrected chi connectivity index (χ4v) is 13.7. The van der Waals surface area contributed by atoms with Crippen LogP contribution in [0.3, 0.4) is 0 Å². The van der Waals surface area contributed by atoms with Gasteiger partial charge in [0.05, 0.1) is 30.2 Å². The highest BCUT2D eigenvalue weighted by atomic mass is 32.1. The summed E-state index contributed by atoms with van der Waals surface area (Å²) in [4.78, 5) is 17.9. The van der Waals surface area contributed by atoms with E-state index in [1.165, 1.54) is 68.2 Å². The number of fused-ring (bicyclic) bond motifs is 5. The van der Waals surface area contributed by atoms with Crippen LogP contribution in [0.15, 0.2) is 83.6 Å². The van der Waals surface area contributed by atoms with Crippen molar-refractivity contribution >= 4 is 141 Å². The molecule has 10 rings (SSSR count). The molecule has 0 aliphatic heterocycles. The first-order chi connectivity index (χ1) is 20.7. The molecule has 0 fully saturated rings. The van der Waals surface area contributed by atoms with Gasteiger partial charge in [0.2, 0.25) is 0 Å². The van der Waals surface area contributed by atoms with E-state index in [4.69, 9.17) is 9.97 Å². The second kappa shape index (κ2) is 9.35. The third-order valence-corrected chi connectivity index (χ3v) is 16.4. The second-order valence-electron chi connectivity index (χ2n) is 9.87. The molecule has 0 aliphatic carbocycles. The van der Waals surface area contributed by atoms with Crippen LogP contribution < -0.4 is 0 Å². The maximum atomic E-state index is 5.07. The molecule has 0 saturated heterocycles. The van der Waals surface area contributed by atoms with Crippen molar-refractivity contribution in [1.29, 1.82) is 0 Å². The number of hydrogen-bond donors (Lipinski definition) is 0. The van der Waals surface area contributed by atoms with Crippen LogP contribution in [0.2, 0.25) is 0 Å². The third kappa shape index (κ3) is 3.94. The van der Waals surface area contributed by atoms with E-state index < -0.39 is 0 Å². The molecule has 0 atom stereocenters. The summed E-state index contributed by atoms with van der Waals surface area (Å²) >= 11 is 14.6. The van der Waals surface area contributed by atoms with Crippen molar-refractivity contribution in [2.24, 2.45) is 0 Å². The number of thiazole rings is 2. The van der Waals surface area contributed by atoms with Gasteiger partial charge in [-0.05, 0) is 94.3 Å². The summed E-state index contributed by atoms with van der Waals surface area (Å²) in [6, 6.07) is 27.1. The van der Waals surface area contributed by atoms with Gasteiger partial charge in [-0.1, -0.05) is 0 Å². The van der Waals surface area contributed by atoms with Crippen LogP contribution in [0.1, 0.15) is 0 Å². The first-order valence-electron chi connectivity index (χ1n) is 13.0. The van der Waals surface area contributed by atoms with Gasteiger partial charge in [-0.15, -0.1) is 90.7 Å². The first kappa shape index (κ1) is 24.6. The van der Waals surface area contributed by atoms with E-state index in [1.807, 2.05) is 68.0 Å². The predicted octanol–water partition coefficient (Wildman–Crippen LogP) is 13.4. The van der Waals surface area contributed by atoms with E-state index >= 15 is 0 Å². The molecule has 10 heteroatoms. The quantitative estimate of drug-likeness (QED) is 0.185. The maximum absolute atomic E-state index is 5.07. The summed E-state index contributed by atoms with van der Waals surface area (Å²) in [5, 5.41) is 8.97. The molecule has 200 valence electrons. The van der Waals surface area contributed by atoms with Gasteiger partial charge >= 0.3 is 0 Å². The van der Waals surface area contributed by atoms with Crippen molar-refractivity contribution < 1.29 is 0 Å². The Labute approximate surface area is 271 Å². The monoisotopic (exact) mass is 682 g/mol. The Morgan fingerprint density at radius 1 is 0.357 bits per heavy atom. The number of rotatable bonds is 4. The number of benzene rings is 2. The normalized spacial score (nSPS) is 12.3. The summed E-state index contributed by atoms with van der Waals surface area (Å²) in [6.07, 6.45) is 0. The minimum absolute atomic E-state index is 1.07. The van der Waals surface area contributed by atoms with Crippen molar-refractivity contribution in [2.75, 3.05) is 0 Å². The minimum Gasteiger partial charge on any atom is -0.235 e. The molecule has 0 N–H and O–H groups in total. The van der Waals surface area contributed by atoms with Crippen molar-refractivity contribution in [2.45, 2.75) is 0 Å². The zero-order valence-electron chi connectivity index (χ0n) is 21.2. The minimum atomic E-state index is 1.07. The Balaban J connectivity index is 0.990. The third-order valence-electron chi connectivity index (χ3n) is 7.25. The molecule has 2 nitrogen and oxygen atoms in total. The summed E-state index contributed by atoms with van der Waals surface area (Å²) < 4.78 is 7.93. The highest BCUT2D eigenvalue weighted by Gasteiger charge is 2.16. The van der Waals surface area contributed by atoms with Gasteiger partial charge in [-0.2, -0.15) is 0 Å². The van der Waals surface area contributed by atoms with Crippen LogP contribution in [0.4, 0.5) is 0 Å². The van der Waals surface area contributed by atoms with E-state index in [0.717, 1.165) is 21.0 Å². The van der Waals surface area contributed by atoms with Crippen LogP contribution in [0.5, 0.6) is 0 Å². The zero-order chi connectivity index (χ0) is 27.4. The van der Waals surface area contributed by atoms with Gasteiger partial charge in [-0.25, -0.2) is 9.97 Å². The Morgan fingerprint density at radius 2 is 0.833 bits per heavy atom. The largest absolute Gasteiger partial charge is 0.235 e. The first-order valence-corrected chi connectivity index (χ1v) is 19.7. The van der Waals surface area contributed by atoms with Gasteiger partial charge in [0, 0.05) is 38.3 Å². The molecular formula is C32H14N2S8. The SMILES string of the molecule is c1cc2sc(-c3ccc(-c4nc5cc6cc7sc(-c8ccc(-c9cc%10sccc%10s9)s8)nc7cc6cc5s4)s3)cc2s1. The molecule has 0 radical (unpaired) electrons. The van der Waals surface area contributed by atoms with E-state index in [1.54, 1.807) is 22.7 Å². The van der Waals surface area contributed by atoms with Crippen LogP contribution >= 0.6 is 90.7 Å². The Bertz CT molecular complexity index is 2300. The lowest BCUT2D eigenvalue weighted by molar-refractivity contribution is 1.50. The second-order valence-corrected chi connectivity index (χ2v) is 18.2. The van der Waals surface area contributed by atoms with E-state index in [0.29, 0.717) is 0 Å². The molecule has 0 saturated carbocycles. The Morgan fingerprint density at radius 3 is 1.31 bits per heavy atom. The molecule has 2 aromatic carbocycles. The molecule has 0 amide bonds. The Hall–Kier alpha value is -2.80. The van der Waals surface area contributed by atoms with E-state index in [2.05, 4.69) is 83.6 Å². The van der Waals surface area contributed by atoms with Gasteiger partial charge in [0.1, 0.15) is 10.0 Å².